The molecule has 0 spiro atoms. The maximum atomic E-state index is 13.4. The van der Waals surface area contributed by atoms with Gasteiger partial charge < -0.3 is 14.6 Å². The van der Waals surface area contributed by atoms with Crippen molar-refractivity contribution in [2.45, 2.75) is 26.8 Å². The summed E-state index contributed by atoms with van der Waals surface area (Å²) in [6.45, 7) is 6.21. The fourth-order valence-electron chi connectivity index (χ4n) is 4.31. The van der Waals surface area contributed by atoms with Crippen LogP contribution in [-0.4, -0.2) is 30.5 Å². The third-order valence-electron chi connectivity index (χ3n) is 5.96. The van der Waals surface area contributed by atoms with Crippen LogP contribution < -0.4 is 14.4 Å². The van der Waals surface area contributed by atoms with Gasteiger partial charge in [0.1, 0.15) is 17.3 Å². The largest absolute Gasteiger partial charge is 0.507 e. The number of aliphatic hydroxyl groups excluding tert-OH is 1. The van der Waals surface area contributed by atoms with Crippen LogP contribution in [0.5, 0.6) is 11.5 Å². The Hall–Kier alpha value is -4.06. The molecule has 1 saturated heterocycles. The van der Waals surface area contributed by atoms with Crippen molar-refractivity contribution < 1.29 is 24.2 Å². The van der Waals surface area contributed by atoms with Crippen molar-refractivity contribution in [3.63, 3.8) is 0 Å². The summed E-state index contributed by atoms with van der Waals surface area (Å²) < 4.78 is 11.0. The van der Waals surface area contributed by atoms with E-state index in [0.29, 0.717) is 29.4 Å². The molecular formula is C28H27NO5. The summed E-state index contributed by atoms with van der Waals surface area (Å²) in [6.07, 6.45) is 0. The van der Waals surface area contributed by atoms with Crippen molar-refractivity contribution in [1.82, 2.24) is 0 Å². The zero-order chi connectivity index (χ0) is 24.4. The number of ketones is 1. The van der Waals surface area contributed by atoms with Crippen LogP contribution in [0.15, 0.2) is 72.3 Å². The number of amides is 1. The van der Waals surface area contributed by atoms with Crippen molar-refractivity contribution >= 4 is 23.1 Å². The van der Waals surface area contributed by atoms with Gasteiger partial charge in [-0.3, -0.25) is 14.5 Å². The van der Waals surface area contributed by atoms with E-state index >= 15 is 0 Å². The molecule has 6 heteroatoms. The molecule has 3 aromatic carbocycles. The molecule has 0 saturated carbocycles. The molecule has 0 bridgehead atoms. The van der Waals surface area contributed by atoms with E-state index in [9.17, 15) is 14.7 Å². The molecule has 1 atom stereocenters. The maximum absolute atomic E-state index is 13.4. The lowest BCUT2D eigenvalue weighted by Crippen LogP contribution is -2.29. The molecule has 0 aromatic heterocycles. The number of ether oxygens (including phenoxy) is 2. The molecule has 34 heavy (non-hydrogen) atoms. The molecule has 0 aliphatic carbocycles. The molecule has 1 heterocycles. The summed E-state index contributed by atoms with van der Waals surface area (Å²) in [6, 6.07) is 19.1. The minimum atomic E-state index is -0.802. The van der Waals surface area contributed by atoms with Crippen molar-refractivity contribution in [2.75, 3.05) is 18.6 Å². The second-order valence-corrected chi connectivity index (χ2v) is 8.16. The Balaban J connectivity index is 1.95. The molecule has 0 radical (unpaired) electrons. The Kier molecular flexibility index (Phi) is 6.41. The Bertz CT molecular complexity index is 1280. The van der Waals surface area contributed by atoms with Crippen molar-refractivity contribution in [1.29, 1.82) is 0 Å². The fourth-order valence-corrected chi connectivity index (χ4v) is 4.31. The van der Waals surface area contributed by atoms with E-state index in [2.05, 4.69) is 0 Å². The molecule has 1 aliphatic rings. The van der Waals surface area contributed by atoms with Crippen molar-refractivity contribution in [3.05, 3.63) is 94.6 Å². The summed E-state index contributed by atoms with van der Waals surface area (Å²) in [7, 11) is 1.50. The second-order valence-electron chi connectivity index (χ2n) is 8.16. The van der Waals surface area contributed by atoms with Gasteiger partial charge in [-0.1, -0.05) is 35.9 Å². The molecule has 174 valence electrons. The fraction of sp³-hybridized carbons (Fsp3) is 0.214. The van der Waals surface area contributed by atoms with Crippen LogP contribution in [0.3, 0.4) is 0 Å². The molecule has 1 N–H and O–H groups in total. The highest BCUT2D eigenvalue weighted by Gasteiger charge is 2.47. The van der Waals surface area contributed by atoms with Crippen LogP contribution in [-0.2, 0) is 9.59 Å². The Labute approximate surface area is 199 Å². The molecule has 6 nitrogen and oxygen atoms in total. The quantitative estimate of drug-likeness (QED) is 0.307. The van der Waals surface area contributed by atoms with E-state index in [1.54, 1.807) is 36.4 Å². The highest BCUT2D eigenvalue weighted by atomic mass is 16.5. The lowest BCUT2D eigenvalue weighted by molar-refractivity contribution is -0.132. The third kappa shape index (κ3) is 4.03. The zero-order valence-corrected chi connectivity index (χ0v) is 19.7. The number of benzene rings is 3. The van der Waals surface area contributed by atoms with Gasteiger partial charge in [-0.2, -0.15) is 0 Å². The Morgan fingerprint density at radius 3 is 2.35 bits per heavy atom. The average molecular weight is 458 g/mol. The molecule has 1 fully saturated rings. The van der Waals surface area contributed by atoms with E-state index in [0.717, 1.165) is 16.7 Å². The highest BCUT2D eigenvalue weighted by molar-refractivity contribution is 6.51. The van der Waals surface area contributed by atoms with Gasteiger partial charge in [0.2, 0.25) is 0 Å². The first kappa shape index (κ1) is 23.1. The van der Waals surface area contributed by atoms with Crippen LogP contribution >= 0.6 is 0 Å². The standard InChI is InChI=1S/C28H27NO5/c1-5-34-20-13-11-19(12-14-20)29-25(21-9-7-6-8-18(21)3)24(27(31)28(29)32)26(30)22-16-17(2)10-15-23(22)33-4/h6-16,25,30H,5H2,1-4H3/b26-24+. The molecule has 1 amide bonds. The molecular weight excluding hydrogens is 430 g/mol. The van der Waals surface area contributed by atoms with Gasteiger partial charge in [-0.15, -0.1) is 0 Å². The summed E-state index contributed by atoms with van der Waals surface area (Å²) in [5, 5.41) is 11.4. The number of aryl methyl sites for hydroxylation is 2. The van der Waals surface area contributed by atoms with Gasteiger partial charge in [-0.05, 0) is 68.3 Å². The normalized spacial score (nSPS) is 17.2. The van der Waals surface area contributed by atoms with Crippen LogP contribution in [0.4, 0.5) is 5.69 Å². The number of anilines is 1. The molecule has 4 rings (SSSR count). The van der Waals surface area contributed by atoms with E-state index in [1.165, 1.54) is 12.0 Å². The first-order valence-corrected chi connectivity index (χ1v) is 11.1. The van der Waals surface area contributed by atoms with Crippen LogP contribution in [0, 0.1) is 13.8 Å². The predicted octanol–water partition coefficient (Wildman–Crippen LogP) is 5.34. The van der Waals surface area contributed by atoms with Gasteiger partial charge in [0.25, 0.3) is 11.7 Å². The number of hydrogen-bond acceptors (Lipinski definition) is 5. The van der Waals surface area contributed by atoms with E-state index in [4.69, 9.17) is 9.47 Å². The monoisotopic (exact) mass is 457 g/mol. The first-order chi connectivity index (χ1) is 16.4. The lowest BCUT2D eigenvalue weighted by Gasteiger charge is -2.27. The Morgan fingerprint density at radius 1 is 1.00 bits per heavy atom. The summed E-state index contributed by atoms with van der Waals surface area (Å²) in [5.41, 5.74) is 3.46. The van der Waals surface area contributed by atoms with E-state index in [-0.39, 0.29) is 11.3 Å². The maximum Gasteiger partial charge on any atom is 0.300 e. The number of carbonyl (C=O) groups is 2. The molecule has 3 aromatic rings. The lowest BCUT2D eigenvalue weighted by atomic mass is 9.92. The van der Waals surface area contributed by atoms with Gasteiger partial charge >= 0.3 is 0 Å². The second kappa shape index (κ2) is 9.43. The van der Waals surface area contributed by atoms with Gasteiger partial charge in [-0.25, -0.2) is 0 Å². The number of hydrogen-bond donors (Lipinski definition) is 1. The number of aliphatic hydroxyl groups is 1. The SMILES string of the molecule is CCOc1ccc(N2C(=O)C(=O)/C(=C(/O)c3cc(C)ccc3OC)C2c2ccccc2C)cc1. The molecule has 1 aliphatic heterocycles. The van der Waals surface area contributed by atoms with E-state index < -0.39 is 17.7 Å². The smallest absolute Gasteiger partial charge is 0.300 e. The van der Waals surface area contributed by atoms with Crippen LogP contribution in [0.1, 0.15) is 35.2 Å². The number of Topliss-reactive ketones (excluding diaryl/α,β-unsaturated/α-hetero) is 1. The summed E-state index contributed by atoms with van der Waals surface area (Å²) in [4.78, 5) is 28.2. The number of carbonyl (C=O) groups excluding carboxylic acids is 2. The van der Waals surface area contributed by atoms with Crippen LogP contribution in [0.25, 0.3) is 5.76 Å². The average Bonchev–Trinajstić information content (AvgIpc) is 3.10. The van der Waals surface area contributed by atoms with Crippen LogP contribution in [0.2, 0.25) is 0 Å². The highest BCUT2D eigenvalue weighted by Crippen LogP contribution is 2.44. The topological polar surface area (TPSA) is 76.1 Å². The number of nitrogens with zero attached hydrogens (tertiary/aromatic N) is 1. The first-order valence-electron chi connectivity index (χ1n) is 11.1. The van der Waals surface area contributed by atoms with Crippen molar-refractivity contribution in [3.8, 4) is 11.5 Å². The summed E-state index contributed by atoms with van der Waals surface area (Å²) in [5.74, 6) is -0.631. The molecule has 1 unspecified atom stereocenters. The zero-order valence-electron chi connectivity index (χ0n) is 19.7. The third-order valence-corrected chi connectivity index (χ3v) is 5.96. The van der Waals surface area contributed by atoms with Crippen molar-refractivity contribution in [2.24, 2.45) is 0 Å². The van der Waals surface area contributed by atoms with E-state index in [1.807, 2.05) is 51.1 Å². The number of methoxy groups -OCH3 is 1. The summed E-state index contributed by atoms with van der Waals surface area (Å²) >= 11 is 0. The number of rotatable bonds is 6. The van der Waals surface area contributed by atoms with Gasteiger partial charge in [0, 0.05) is 5.69 Å². The predicted molar refractivity (Wildman–Crippen MR) is 131 cm³/mol. The minimum absolute atomic E-state index is 0.0251. The van der Waals surface area contributed by atoms with Gasteiger partial charge in [0.15, 0.2) is 0 Å². The Morgan fingerprint density at radius 2 is 1.71 bits per heavy atom. The minimum Gasteiger partial charge on any atom is -0.507 e. The van der Waals surface area contributed by atoms with Gasteiger partial charge in [0.05, 0.1) is 30.9 Å².